The molecule has 0 saturated heterocycles. The molecule has 0 aromatic carbocycles. The quantitative estimate of drug-likeness (QED) is 0.403. The molecule has 78 valence electrons. The van der Waals surface area contributed by atoms with Gasteiger partial charge in [0.2, 0.25) is 0 Å². The Kier molecular flexibility index (Phi) is 4.04. The van der Waals surface area contributed by atoms with Crippen molar-refractivity contribution >= 4 is 11.6 Å². The zero-order chi connectivity index (χ0) is 10.6. The van der Waals surface area contributed by atoms with Gasteiger partial charge in [0.25, 0.3) is 0 Å². The number of halogens is 1. The maximum Gasteiger partial charge on any atom is 0.0951 e. The standard InChI is InChI=1S/C12H17ClO/c1-3-12(2)8-10(13)6-4-5-7-11(14)9-12/h3,10-11,14H,1,5,7-9H2,2H3. The minimum absolute atomic E-state index is 0.0924. The normalized spacial score (nSPS) is 38.5. The van der Waals surface area contributed by atoms with E-state index in [-0.39, 0.29) is 16.9 Å². The van der Waals surface area contributed by atoms with Gasteiger partial charge >= 0.3 is 0 Å². The van der Waals surface area contributed by atoms with Crippen molar-refractivity contribution < 1.29 is 5.11 Å². The maximum absolute atomic E-state index is 9.73. The number of hydrogen-bond donors (Lipinski definition) is 1. The second-order valence-corrected chi connectivity index (χ2v) is 4.77. The van der Waals surface area contributed by atoms with E-state index in [1.807, 2.05) is 6.08 Å². The topological polar surface area (TPSA) is 20.2 Å². The lowest BCUT2D eigenvalue weighted by molar-refractivity contribution is 0.116. The van der Waals surface area contributed by atoms with Crippen molar-refractivity contribution in [3.63, 3.8) is 0 Å². The zero-order valence-electron chi connectivity index (χ0n) is 8.59. The number of hydrogen-bond acceptors (Lipinski definition) is 1. The van der Waals surface area contributed by atoms with Crippen LogP contribution in [0, 0.1) is 17.3 Å². The van der Waals surface area contributed by atoms with E-state index < -0.39 is 0 Å². The van der Waals surface area contributed by atoms with Crippen LogP contribution in [0.2, 0.25) is 0 Å². The Bertz CT molecular complexity index is 263. The summed E-state index contributed by atoms with van der Waals surface area (Å²) >= 11 is 6.07. The molecule has 1 aliphatic rings. The number of rotatable bonds is 1. The number of alkyl halides is 1. The van der Waals surface area contributed by atoms with Crippen molar-refractivity contribution in [1.82, 2.24) is 0 Å². The zero-order valence-corrected chi connectivity index (χ0v) is 9.35. The van der Waals surface area contributed by atoms with Gasteiger partial charge in [-0.05, 0) is 24.7 Å². The van der Waals surface area contributed by atoms with E-state index in [0.717, 1.165) is 25.7 Å². The highest BCUT2D eigenvalue weighted by molar-refractivity contribution is 6.22. The van der Waals surface area contributed by atoms with E-state index >= 15 is 0 Å². The molecule has 0 aromatic heterocycles. The molecule has 2 heteroatoms. The predicted octanol–water partition coefficient (Wildman–Crippen LogP) is 2.72. The van der Waals surface area contributed by atoms with Crippen LogP contribution in [-0.2, 0) is 0 Å². The Morgan fingerprint density at radius 3 is 2.93 bits per heavy atom. The largest absolute Gasteiger partial charge is 0.393 e. The lowest BCUT2D eigenvalue weighted by Gasteiger charge is -2.28. The Labute approximate surface area is 91.2 Å². The first-order chi connectivity index (χ1) is 6.56. The first-order valence-corrected chi connectivity index (χ1v) is 5.43. The maximum atomic E-state index is 9.73. The second-order valence-electron chi connectivity index (χ2n) is 4.25. The number of aliphatic hydroxyl groups is 1. The van der Waals surface area contributed by atoms with Crippen molar-refractivity contribution in [1.29, 1.82) is 0 Å². The molecule has 1 nitrogen and oxygen atoms in total. The first kappa shape index (κ1) is 11.6. The fourth-order valence-corrected chi connectivity index (χ4v) is 2.20. The molecule has 0 aliphatic heterocycles. The van der Waals surface area contributed by atoms with Crippen LogP contribution in [0.4, 0.5) is 0 Å². The van der Waals surface area contributed by atoms with E-state index in [9.17, 15) is 5.11 Å². The molecule has 0 saturated carbocycles. The van der Waals surface area contributed by atoms with Crippen LogP contribution in [-0.4, -0.2) is 16.6 Å². The predicted molar refractivity (Wildman–Crippen MR) is 60.2 cm³/mol. The first-order valence-electron chi connectivity index (χ1n) is 5.00. The highest BCUT2D eigenvalue weighted by atomic mass is 35.5. The van der Waals surface area contributed by atoms with Crippen LogP contribution in [0.5, 0.6) is 0 Å². The van der Waals surface area contributed by atoms with Gasteiger partial charge in [-0.25, -0.2) is 0 Å². The summed E-state index contributed by atoms with van der Waals surface area (Å²) in [4.78, 5) is 0. The Morgan fingerprint density at radius 2 is 2.29 bits per heavy atom. The van der Waals surface area contributed by atoms with Crippen molar-refractivity contribution in [2.75, 3.05) is 0 Å². The lowest BCUT2D eigenvalue weighted by atomic mass is 9.80. The molecule has 1 aliphatic carbocycles. The molecule has 14 heavy (non-hydrogen) atoms. The molecule has 1 N–H and O–H groups in total. The van der Waals surface area contributed by atoms with Gasteiger partial charge in [-0.2, -0.15) is 0 Å². The molecule has 3 unspecified atom stereocenters. The van der Waals surface area contributed by atoms with Crippen molar-refractivity contribution in [2.45, 2.75) is 44.1 Å². The van der Waals surface area contributed by atoms with Gasteiger partial charge in [0.1, 0.15) is 0 Å². The van der Waals surface area contributed by atoms with Crippen molar-refractivity contribution in [2.24, 2.45) is 5.41 Å². The number of aliphatic hydroxyl groups excluding tert-OH is 1. The van der Waals surface area contributed by atoms with E-state index in [1.165, 1.54) is 0 Å². The minimum Gasteiger partial charge on any atom is -0.393 e. The second kappa shape index (κ2) is 4.87. The third-order valence-electron chi connectivity index (χ3n) is 2.70. The van der Waals surface area contributed by atoms with Crippen LogP contribution < -0.4 is 0 Å². The number of allylic oxidation sites excluding steroid dienone is 1. The smallest absolute Gasteiger partial charge is 0.0951 e. The SMILES string of the molecule is C=CC1(C)CC(Cl)C#CCCC(O)C1. The highest BCUT2D eigenvalue weighted by Gasteiger charge is 2.27. The Hall–Kier alpha value is -0.450. The van der Waals surface area contributed by atoms with Crippen molar-refractivity contribution in [3.8, 4) is 11.8 Å². The summed E-state index contributed by atoms with van der Waals surface area (Å²) < 4.78 is 0. The molecule has 0 heterocycles. The molecular formula is C12H17ClO. The third-order valence-corrected chi connectivity index (χ3v) is 2.96. The van der Waals surface area contributed by atoms with Crippen LogP contribution in [0.1, 0.15) is 32.6 Å². The molecule has 3 atom stereocenters. The fourth-order valence-electron chi connectivity index (χ4n) is 1.77. The summed E-state index contributed by atoms with van der Waals surface area (Å²) in [5, 5.41) is 9.61. The fraction of sp³-hybridized carbons (Fsp3) is 0.667. The van der Waals surface area contributed by atoms with Gasteiger partial charge in [0.15, 0.2) is 0 Å². The van der Waals surface area contributed by atoms with E-state index in [0.29, 0.717) is 0 Å². The molecule has 0 radical (unpaired) electrons. The lowest BCUT2D eigenvalue weighted by Crippen LogP contribution is -2.23. The molecule has 1 rings (SSSR count). The molecule has 0 aromatic rings. The minimum atomic E-state index is -0.283. The Balaban J connectivity index is 2.77. The summed E-state index contributed by atoms with van der Waals surface area (Å²) in [6, 6.07) is 0. The molecule has 0 spiro atoms. The monoisotopic (exact) mass is 212 g/mol. The average Bonchev–Trinajstić information content (AvgIpc) is 2.16. The molecule has 0 amide bonds. The summed E-state index contributed by atoms with van der Waals surface area (Å²) in [6.45, 7) is 5.88. The van der Waals surface area contributed by atoms with Gasteiger partial charge in [-0.15, -0.1) is 24.1 Å². The summed E-state index contributed by atoms with van der Waals surface area (Å²) in [6.07, 6.45) is 4.57. The van der Waals surface area contributed by atoms with Crippen LogP contribution in [0.3, 0.4) is 0 Å². The van der Waals surface area contributed by atoms with Gasteiger partial charge in [0, 0.05) is 6.42 Å². The van der Waals surface area contributed by atoms with Crippen molar-refractivity contribution in [3.05, 3.63) is 12.7 Å². The van der Waals surface area contributed by atoms with Crippen LogP contribution in [0.25, 0.3) is 0 Å². The Morgan fingerprint density at radius 1 is 1.57 bits per heavy atom. The van der Waals surface area contributed by atoms with Crippen LogP contribution in [0.15, 0.2) is 12.7 Å². The van der Waals surface area contributed by atoms with Gasteiger partial charge in [-0.1, -0.05) is 18.9 Å². The van der Waals surface area contributed by atoms with E-state index in [4.69, 9.17) is 11.6 Å². The summed E-state index contributed by atoms with van der Waals surface area (Å²) in [7, 11) is 0. The van der Waals surface area contributed by atoms with E-state index in [2.05, 4.69) is 25.3 Å². The van der Waals surface area contributed by atoms with E-state index in [1.54, 1.807) is 0 Å². The average molecular weight is 213 g/mol. The van der Waals surface area contributed by atoms with Gasteiger partial charge < -0.3 is 5.11 Å². The highest BCUT2D eigenvalue weighted by Crippen LogP contribution is 2.33. The van der Waals surface area contributed by atoms with Gasteiger partial charge in [0.05, 0.1) is 11.5 Å². The summed E-state index contributed by atoms with van der Waals surface area (Å²) in [5.74, 6) is 5.98. The third kappa shape index (κ3) is 3.36. The molecule has 0 fully saturated rings. The van der Waals surface area contributed by atoms with Crippen LogP contribution >= 0.6 is 11.6 Å². The van der Waals surface area contributed by atoms with Gasteiger partial charge in [-0.3, -0.25) is 0 Å². The molecule has 0 bridgehead atoms. The summed E-state index contributed by atoms with van der Waals surface area (Å²) in [5.41, 5.74) is -0.0924. The molecular weight excluding hydrogens is 196 g/mol.